The van der Waals surface area contributed by atoms with E-state index in [9.17, 15) is 18.0 Å². The molecule has 0 spiro atoms. The van der Waals surface area contributed by atoms with E-state index in [1.165, 1.54) is 23.5 Å². The maximum absolute atomic E-state index is 13.0. The van der Waals surface area contributed by atoms with Crippen LogP contribution in [-0.4, -0.2) is 48.6 Å². The van der Waals surface area contributed by atoms with Crippen LogP contribution in [0.3, 0.4) is 0 Å². The molecule has 0 aliphatic carbocycles. The second-order valence-electron chi connectivity index (χ2n) is 8.68. The van der Waals surface area contributed by atoms with Crippen LogP contribution in [0.2, 0.25) is 0 Å². The van der Waals surface area contributed by atoms with Crippen LogP contribution in [0.5, 0.6) is 0 Å². The molecule has 170 valence electrons. The number of alkyl halides is 3. The summed E-state index contributed by atoms with van der Waals surface area (Å²) in [6, 6.07) is 4.92. The summed E-state index contributed by atoms with van der Waals surface area (Å²) >= 11 is 1.38. The Labute approximate surface area is 184 Å². The third-order valence-corrected chi connectivity index (χ3v) is 6.79. The van der Waals surface area contributed by atoms with Gasteiger partial charge in [0.2, 0.25) is 0 Å². The van der Waals surface area contributed by atoms with Gasteiger partial charge in [-0.3, -0.25) is 9.69 Å². The molecule has 1 saturated heterocycles. The highest BCUT2D eigenvalue weighted by Crippen LogP contribution is 2.32. The van der Waals surface area contributed by atoms with Crippen molar-refractivity contribution in [2.75, 3.05) is 32.8 Å². The molecule has 0 bridgehead atoms. The standard InChI is InChI=1S/C22H28F3N3O2S/c1-14-18(31-20(27-14)21(2,3)4)19(29)26-13-17(28-9-11-30-12-10-28)15-5-7-16(8-6-15)22(23,24)25/h5-8,17H,9-13H2,1-4H3,(H,26,29)/t17-/m0/s1. The minimum atomic E-state index is -4.38. The fraction of sp³-hybridized carbons (Fsp3) is 0.545. The van der Waals surface area contributed by atoms with Crippen LogP contribution in [-0.2, 0) is 16.3 Å². The van der Waals surface area contributed by atoms with E-state index in [4.69, 9.17) is 4.74 Å². The van der Waals surface area contributed by atoms with Crippen molar-refractivity contribution in [3.05, 3.63) is 51.0 Å². The largest absolute Gasteiger partial charge is 0.416 e. The first-order valence-electron chi connectivity index (χ1n) is 10.2. The van der Waals surface area contributed by atoms with Crippen molar-refractivity contribution in [1.82, 2.24) is 15.2 Å². The molecule has 1 aliphatic rings. The summed E-state index contributed by atoms with van der Waals surface area (Å²) in [5.74, 6) is -0.212. The molecular formula is C22H28F3N3O2S. The Morgan fingerprint density at radius 3 is 2.32 bits per heavy atom. The lowest BCUT2D eigenvalue weighted by molar-refractivity contribution is -0.137. The van der Waals surface area contributed by atoms with Crippen molar-refractivity contribution in [3.8, 4) is 0 Å². The lowest BCUT2D eigenvalue weighted by Crippen LogP contribution is -2.43. The number of hydrogen-bond acceptors (Lipinski definition) is 5. The van der Waals surface area contributed by atoms with Crippen LogP contribution in [0.25, 0.3) is 0 Å². The van der Waals surface area contributed by atoms with Gasteiger partial charge >= 0.3 is 6.18 Å². The first kappa shape index (κ1) is 23.7. The number of rotatable bonds is 5. The minimum Gasteiger partial charge on any atom is -0.379 e. The van der Waals surface area contributed by atoms with Gasteiger partial charge in [0, 0.05) is 25.0 Å². The molecule has 1 aromatic carbocycles. The van der Waals surface area contributed by atoms with Crippen LogP contribution in [0.15, 0.2) is 24.3 Å². The average Bonchev–Trinajstić information content (AvgIpc) is 3.11. The van der Waals surface area contributed by atoms with Crippen molar-refractivity contribution in [1.29, 1.82) is 0 Å². The fourth-order valence-electron chi connectivity index (χ4n) is 3.44. The average molecular weight is 456 g/mol. The van der Waals surface area contributed by atoms with Crippen LogP contribution >= 0.6 is 11.3 Å². The zero-order valence-corrected chi connectivity index (χ0v) is 19.0. The number of hydrogen-bond donors (Lipinski definition) is 1. The third-order valence-electron chi connectivity index (χ3n) is 5.21. The summed E-state index contributed by atoms with van der Waals surface area (Å²) in [4.78, 5) is 20.1. The van der Waals surface area contributed by atoms with Crippen LogP contribution in [0.4, 0.5) is 13.2 Å². The van der Waals surface area contributed by atoms with Gasteiger partial charge in [-0.05, 0) is 24.6 Å². The maximum Gasteiger partial charge on any atom is 0.416 e. The van der Waals surface area contributed by atoms with E-state index in [1.807, 2.05) is 27.7 Å². The highest BCUT2D eigenvalue weighted by molar-refractivity contribution is 7.14. The Morgan fingerprint density at radius 2 is 1.81 bits per heavy atom. The number of nitrogens with one attached hydrogen (secondary N) is 1. The number of thiazole rings is 1. The number of benzene rings is 1. The molecule has 1 fully saturated rings. The van der Waals surface area contributed by atoms with Gasteiger partial charge in [0.25, 0.3) is 5.91 Å². The predicted octanol–water partition coefficient (Wildman–Crippen LogP) is 4.57. The summed E-state index contributed by atoms with van der Waals surface area (Å²) < 4.78 is 44.3. The predicted molar refractivity (Wildman–Crippen MR) is 114 cm³/mol. The monoisotopic (exact) mass is 455 g/mol. The maximum atomic E-state index is 13.0. The van der Waals surface area contributed by atoms with E-state index in [-0.39, 0.29) is 23.9 Å². The Kier molecular flexibility index (Phi) is 7.08. The molecule has 5 nitrogen and oxygen atoms in total. The Morgan fingerprint density at radius 1 is 1.19 bits per heavy atom. The highest BCUT2D eigenvalue weighted by Gasteiger charge is 2.31. The Bertz CT molecular complexity index is 898. The molecule has 1 aliphatic heterocycles. The molecule has 3 rings (SSSR count). The first-order chi connectivity index (χ1) is 14.5. The van der Waals surface area contributed by atoms with Crippen molar-refractivity contribution in [2.45, 2.75) is 45.3 Å². The minimum absolute atomic E-state index is 0.148. The number of amides is 1. The number of carbonyl (C=O) groups is 1. The second kappa shape index (κ2) is 9.26. The first-order valence-corrected chi connectivity index (χ1v) is 11.0. The third kappa shape index (κ3) is 5.84. The summed E-state index contributed by atoms with van der Waals surface area (Å²) in [7, 11) is 0. The van der Waals surface area contributed by atoms with Gasteiger partial charge in [-0.2, -0.15) is 13.2 Å². The second-order valence-corrected chi connectivity index (χ2v) is 9.68. The lowest BCUT2D eigenvalue weighted by Gasteiger charge is -2.35. The number of aromatic nitrogens is 1. The van der Waals surface area contributed by atoms with Gasteiger partial charge in [0.15, 0.2) is 0 Å². The molecule has 1 aromatic heterocycles. The van der Waals surface area contributed by atoms with E-state index in [0.29, 0.717) is 36.9 Å². The van der Waals surface area contributed by atoms with Gasteiger partial charge < -0.3 is 10.1 Å². The summed E-state index contributed by atoms with van der Waals surface area (Å²) in [6.07, 6.45) is -4.38. The molecule has 0 radical (unpaired) electrons. The number of nitrogens with zero attached hydrogens (tertiary/aromatic N) is 2. The Hall–Kier alpha value is -1.97. The summed E-state index contributed by atoms with van der Waals surface area (Å²) in [6.45, 7) is 10.6. The van der Waals surface area contributed by atoms with E-state index < -0.39 is 11.7 Å². The normalized spacial score (nSPS) is 16.9. The van der Waals surface area contributed by atoms with Crippen LogP contribution in [0.1, 0.15) is 58.3 Å². The van der Waals surface area contributed by atoms with E-state index in [0.717, 1.165) is 22.7 Å². The lowest BCUT2D eigenvalue weighted by atomic mass is 9.98. The van der Waals surface area contributed by atoms with Gasteiger partial charge in [-0.15, -0.1) is 11.3 Å². The van der Waals surface area contributed by atoms with Crippen molar-refractivity contribution < 1.29 is 22.7 Å². The molecule has 2 aromatic rings. The van der Waals surface area contributed by atoms with Gasteiger partial charge in [-0.1, -0.05) is 32.9 Å². The number of carbonyl (C=O) groups excluding carboxylic acids is 1. The molecule has 2 heterocycles. The molecule has 1 amide bonds. The quantitative estimate of drug-likeness (QED) is 0.718. The van der Waals surface area contributed by atoms with E-state index >= 15 is 0 Å². The van der Waals surface area contributed by atoms with E-state index in [1.54, 1.807) is 0 Å². The molecule has 31 heavy (non-hydrogen) atoms. The number of aryl methyl sites for hydroxylation is 1. The molecule has 0 saturated carbocycles. The molecular weight excluding hydrogens is 427 g/mol. The van der Waals surface area contributed by atoms with Crippen molar-refractivity contribution in [3.63, 3.8) is 0 Å². The highest BCUT2D eigenvalue weighted by atomic mass is 32.1. The molecule has 1 N–H and O–H groups in total. The smallest absolute Gasteiger partial charge is 0.379 e. The van der Waals surface area contributed by atoms with Crippen LogP contribution in [0, 0.1) is 6.92 Å². The summed E-state index contributed by atoms with van der Waals surface area (Å²) in [5.41, 5.74) is 0.581. The number of ether oxygens (including phenoxy) is 1. The van der Waals surface area contributed by atoms with Crippen molar-refractivity contribution >= 4 is 17.2 Å². The van der Waals surface area contributed by atoms with Gasteiger partial charge in [0.05, 0.1) is 35.5 Å². The topological polar surface area (TPSA) is 54.5 Å². The van der Waals surface area contributed by atoms with Gasteiger partial charge in [-0.25, -0.2) is 4.98 Å². The SMILES string of the molecule is Cc1nc(C(C)(C)C)sc1C(=O)NC[C@@H](c1ccc(C(F)(F)F)cc1)N1CCOCC1. The number of halogens is 3. The Balaban J connectivity index is 1.78. The zero-order valence-electron chi connectivity index (χ0n) is 18.2. The molecule has 0 unspecified atom stereocenters. The van der Waals surface area contributed by atoms with Crippen molar-refractivity contribution in [2.24, 2.45) is 0 Å². The zero-order chi connectivity index (χ0) is 22.8. The summed E-state index contributed by atoms with van der Waals surface area (Å²) in [5, 5.41) is 3.86. The van der Waals surface area contributed by atoms with Crippen LogP contribution < -0.4 is 5.32 Å². The molecule has 9 heteroatoms. The fourth-order valence-corrected chi connectivity index (χ4v) is 4.48. The van der Waals surface area contributed by atoms with Gasteiger partial charge in [0.1, 0.15) is 4.88 Å². The van der Waals surface area contributed by atoms with E-state index in [2.05, 4.69) is 15.2 Å². The molecule has 1 atom stereocenters. The number of morpholine rings is 1.